The summed E-state index contributed by atoms with van der Waals surface area (Å²) in [6.07, 6.45) is 3.87. The van der Waals surface area contributed by atoms with E-state index in [0.29, 0.717) is 12.8 Å². The van der Waals surface area contributed by atoms with E-state index in [-0.39, 0.29) is 0 Å². The van der Waals surface area contributed by atoms with E-state index in [9.17, 15) is 4.79 Å². The maximum Gasteiger partial charge on any atom is 0.331 e. The van der Waals surface area contributed by atoms with Gasteiger partial charge in [0.1, 0.15) is 0 Å². The number of hydrogen-bond donors (Lipinski definition) is 0. The number of unbranched alkanes of at least 4 members (excludes halogenated alkanes) is 1. The summed E-state index contributed by atoms with van der Waals surface area (Å²) in [4.78, 5) is 15.0. The number of hydrogen-bond acceptors (Lipinski definition) is 4. The van der Waals surface area contributed by atoms with Gasteiger partial charge in [-0.3, -0.25) is 0 Å². The summed E-state index contributed by atoms with van der Waals surface area (Å²) < 4.78 is 0. The highest BCUT2D eigenvalue weighted by atomic mass is 16.7. The average molecular weight is 196 g/mol. The van der Waals surface area contributed by atoms with E-state index >= 15 is 0 Å². The fourth-order valence-electron chi connectivity index (χ4n) is 0.926. The standard InChI is InChI=1S/C10H16N2O2/c1-3-4-6-10(7-5-8-11)12-14-9(2)13/h3-7H2,1-2H3/b12-10+. The molecule has 0 fully saturated rings. The first-order valence-electron chi connectivity index (χ1n) is 4.81. The molecule has 0 spiro atoms. The van der Waals surface area contributed by atoms with Gasteiger partial charge in [0.25, 0.3) is 0 Å². The van der Waals surface area contributed by atoms with Crippen molar-refractivity contribution in [2.75, 3.05) is 0 Å². The third-order valence-electron chi connectivity index (χ3n) is 1.65. The minimum Gasteiger partial charge on any atom is -0.319 e. The van der Waals surface area contributed by atoms with Gasteiger partial charge in [-0.25, -0.2) is 4.79 Å². The van der Waals surface area contributed by atoms with Gasteiger partial charge < -0.3 is 4.84 Å². The molecular weight excluding hydrogens is 180 g/mol. The summed E-state index contributed by atoms with van der Waals surface area (Å²) in [6.45, 7) is 3.39. The minimum absolute atomic E-state index is 0.420. The number of carbonyl (C=O) groups excluding carboxylic acids is 1. The molecule has 0 aliphatic rings. The Labute approximate surface area is 84.5 Å². The minimum atomic E-state index is -0.420. The first-order valence-corrected chi connectivity index (χ1v) is 4.81. The number of oxime groups is 1. The van der Waals surface area contributed by atoms with Gasteiger partial charge in [-0.05, 0) is 12.8 Å². The van der Waals surface area contributed by atoms with Crippen molar-refractivity contribution in [2.45, 2.75) is 46.0 Å². The highest BCUT2D eigenvalue weighted by Crippen LogP contribution is 2.03. The molecular formula is C10H16N2O2. The molecule has 0 bridgehead atoms. The van der Waals surface area contributed by atoms with Crippen LogP contribution in [0.25, 0.3) is 0 Å². The molecule has 0 N–H and O–H groups in total. The Balaban J connectivity index is 4.02. The third kappa shape index (κ3) is 7.29. The topological polar surface area (TPSA) is 62.4 Å². The normalized spacial score (nSPS) is 10.8. The summed E-state index contributed by atoms with van der Waals surface area (Å²) >= 11 is 0. The molecule has 14 heavy (non-hydrogen) atoms. The predicted molar refractivity (Wildman–Crippen MR) is 53.6 cm³/mol. The maximum absolute atomic E-state index is 10.5. The second kappa shape index (κ2) is 8.24. The highest BCUT2D eigenvalue weighted by molar-refractivity contribution is 5.84. The first-order chi connectivity index (χ1) is 6.70. The number of nitrogens with zero attached hydrogens (tertiary/aromatic N) is 2. The van der Waals surface area contributed by atoms with E-state index in [4.69, 9.17) is 5.26 Å². The second-order valence-corrected chi connectivity index (χ2v) is 3.00. The summed E-state index contributed by atoms with van der Waals surface area (Å²) in [5.41, 5.74) is 0.795. The van der Waals surface area contributed by atoms with E-state index in [2.05, 4.69) is 16.9 Å². The first kappa shape index (κ1) is 12.6. The van der Waals surface area contributed by atoms with E-state index in [1.807, 2.05) is 6.07 Å². The van der Waals surface area contributed by atoms with Crippen LogP contribution in [0.3, 0.4) is 0 Å². The van der Waals surface area contributed by atoms with Crippen LogP contribution in [0.15, 0.2) is 5.16 Å². The molecule has 78 valence electrons. The van der Waals surface area contributed by atoms with E-state index in [0.717, 1.165) is 25.0 Å². The van der Waals surface area contributed by atoms with Gasteiger partial charge in [-0.2, -0.15) is 5.26 Å². The van der Waals surface area contributed by atoms with Crippen molar-refractivity contribution < 1.29 is 9.63 Å². The lowest BCUT2D eigenvalue weighted by molar-refractivity contribution is -0.140. The molecule has 0 saturated heterocycles. The van der Waals surface area contributed by atoms with Gasteiger partial charge in [0.15, 0.2) is 0 Å². The molecule has 0 unspecified atom stereocenters. The Kier molecular flexibility index (Phi) is 7.43. The molecule has 0 atom stereocenters. The van der Waals surface area contributed by atoms with Crippen molar-refractivity contribution in [3.05, 3.63) is 0 Å². The molecule has 0 radical (unpaired) electrons. The van der Waals surface area contributed by atoms with Crippen LogP contribution in [0, 0.1) is 11.3 Å². The fraction of sp³-hybridized carbons (Fsp3) is 0.700. The van der Waals surface area contributed by atoms with Crippen molar-refractivity contribution in [3.63, 3.8) is 0 Å². The van der Waals surface area contributed by atoms with Gasteiger partial charge in [0.2, 0.25) is 0 Å². The second-order valence-electron chi connectivity index (χ2n) is 3.00. The van der Waals surface area contributed by atoms with Crippen LogP contribution in [-0.2, 0) is 9.63 Å². The lowest BCUT2D eigenvalue weighted by Crippen LogP contribution is -2.02. The molecule has 0 heterocycles. The summed E-state index contributed by atoms with van der Waals surface area (Å²) in [5, 5.41) is 12.1. The van der Waals surface area contributed by atoms with Gasteiger partial charge in [0.05, 0.1) is 11.8 Å². The Morgan fingerprint density at radius 1 is 1.50 bits per heavy atom. The molecule has 4 nitrogen and oxygen atoms in total. The lowest BCUT2D eigenvalue weighted by Gasteiger charge is -2.01. The smallest absolute Gasteiger partial charge is 0.319 e. The van der Waals surface area contributed by atoms with Crippen molar-refractivity contribution >= 4 is 11.7 Å². The van der Waals surface area contributed by atoms with Crippen LogP contribution in [0.2, 0.25) is 0 Å². The largest absolute Gasteiger partial charge is 0.331 e. The average Bonchev–Trinajstić information content (AvgIpc) is 2.16. The molecule has 0 aromatic carbocycles. The Morgan fingerprint density at radius 2 is 2.21 bits per heavy atom. The third-order valence-corrected chi connectivity index (χ3v) is 1.65. The SMILES string of the molecule is CCCC/C(CCC#N)=N\OC(C)=O. The quantitative estimate of drug-likeness (QED) is 0.372. The van der Waals surface area contributed by atoms with Gasteiger partial charge in [-0.1, -0.05) is 18.5 Å². The van der Waals surface area contributed by atoms with Gasteiger partial charge >= 0.3 is 5.97 Å². The molecule has 4 heteroatoms. The van der Waals surface area contributed by atoms with Crippen LogP contribution in [-0.4, -0.2) is 11.7 Å². The molecule has 0 aliphatic heterocycles. The number of carbonyl (C=O) groups is 1. The maximum atomic E-state index is 10.5. The van der Waals surface area contributed by atoms with Crippen molar-refractivity contribution in [2.24, 2.45) is 5.16 Å². The summed E-state index contributed by atoms with van der Waals surface area (Å²) in [5.74, 6) is -0.420. The van der Waals surface area contributed by atoms with Gasteiger partial charge in [0, 0.05) is 19.8 Å². The zero-order chi connectivity index (χ0) is 10.8. The Hall–Kier alpha value is -1.37. The molecule has 0 amide bonds. The lowest BCUT2D eigenvalue weighted by atomic mass is 10.1. The zero-order valence-electron chi connectivity index (χ0n) is 8.75. The number of nitriles is 1. The van der Waals surface area contributed by atoms with E-state index < -0.39 is 5.97 Å². The molecule has 0 aromatic heterocycles. The van der Waals surface area contributed by atoms with Crippen molar-refractivity contribution in [1.29, 1.82) is 5.26 Å². The fourth-order valence-corrected chi connectivity index (χ4v) is 0.926. The summed E-state index contributed by atoms with van der Waals surface area (Å²) in [7, 11) is 0. The van der Waals surface area contributed by atoms with Gasteiger partial charge in [-0.15, -0.1) is 0 Å². The van der Waals surface area contributed by atoms with Crippen LogP contribution in [0.1, 0.15) is 46.0 Å². The van der Waals surface area contributed by atoms with Crippen LogP contribution >= 0.6 is 0 Å². The number of rotatable bonds is 6. The van der Waals surface area contributed by atoms with E-state index in [1.54, 1.807) is 0 Å². The van der Waals surface area contributed by atoms with Crippen molar-refractivity contribution in [3.8, 4) is 6.07 Å². The van der Waals surface area contributed by atoms with Crippen LogP contribution in [0.4, 0.5) is 0 Å². The van der Waals surface area contributed by atoms with Crippen LogP contribution in [0.5, 0.6) is 0 Å². The summed E-state index contributed by atoms with van der Waals surface area (Å²) in [6, 6.07) is 2.04. The predicted octanol–water partition coefficient (Wildman–Crippen LogP) is 2.40. The van der Waals surface area contributed by atoms with Crippen molar-refractivity contribution in [1.82, 2.24) is 0 Å². The molecule has 0 aliphatic carbocycles. The van der Waals surface area contributed by atoms with Crippen LogP contribution < -0.4 is 0 Å². The Morgan fingerprint density at radius 3 is 2.71 bits per heavy atom. The highest BCUT2D eigenvalue weighted by Gasteiger charge is 2.01. The van der Waals surface area contributed by atoms with E-state index in [1.165, 1.54) is 6.92 Å². The molecule has 0 aromatic rings. The zero-order valence-corrected chi connectivity index (χ0v) is 8.75. The Bertz CT molecular complexity index is 241. The monoisotopic (exact) mass is 196 g/mol. The molecule has 0 rings (SSSR count). The molecule has 0 saturated carbocycles.